The average molecular weight is 473 g/mol. The van der Waals surface area contributed by atoms with Crippen molar-refractivity contribution in [2.24, 2.45) is 0 Å². The van der Waals surface area contributed by atoms with E-state index in [-0.39, 0.29) is 23.1 Å². The van der Waals surface area contributed by atoms with Gasteiger partial charge in [0.1, 0.15) is 22.8 Å². The standard InChI is InChI=1S/C27H18F2N2O2S/c28-20-15-23(29)25-24(16-20)34-27(30-25)31(17-18-8-3-1-4-9-18)26(32)19-10-7-13-22(14-19)33-21-11-5-2-6-12-21/h1-16H,17H2. The Morgan fingerprint density at radius 2 is 1.56 bits per heavy atom. The van der Waals surface area contributed by atoms with Crippen molar-refractivity contribution < 1.29 is 18.3 Å². The van der Waals surface area contributed by atoms with Gasteiger partial charge in [-0.3, -0.25) is 9.69 Å². The first-order valence-corrected chi connectivity index (χ1v) is 11.3. The zero-order valence-electron chi connectivity index (χ0n) is 17.8. The Labute approximate surface area is 198 Å². The lowest BCUT2D eigenvalue weighted by Crippen LogP contribution is -2.30. The number of carbonyl (C=O) groups excluding carboxylic acids is 1. The summed E-state index contributed by atoms with van der Waals surface area (Å²) < 4.78 is 34.3. The molecule has 1 amide bonds. The number of hydrogen-bond donors (Lipinski definition) is 0. The van der Waals surface area contributed by atoms with Gasteiger partial charge < -0.3 is 4.74 Å². The number of nitrogens with zero attached hydrogens (tertiary/aromatic N) is 2. The summed E-state index contributed by atoms with van der Waals surface area (Å²) in [7, 11) is 0. The molecule has 168 valence electrons. The van der Waals surface area contributed by atoms with Crippen LogP contribution in [-0.4, -0.2) is 10.9 Å². The summed E-state index contributed by atoms with van der Waals surface area (Å²) in [5.74, 6) is -0.622. The molecule has 7 heteroatoms. The van der Waals surface area contributed by atoms with Gasteiger partial charge in [0.05, 0.1) is 11.2 Å². The number of fused-ring (bicyclic) bond motifs is 1. The molecule has 0 N–H and O–H groups in total. The second-order valence-electron chi connectivity index (χ2n) is 7.55. The normalized spacial score (nSPS) is 10.9. The zero-order chi connectivity index (χ0) is 23.5. The van der Waals surface area contributed by atoms with Gasteiger partial charge in [-0.05, 0) is 42.0 Å². The summed E-state index contributed by atoms with van der Waals surface area (Å²) in [6, 6.07) is 27.5. The molecule has 0 aliphatic carbocycles. The maximum Gasteiger partial charge on any atom is 0.260 e. The highest BCUT2D eigenvalue weighted by Gasteiger charge is 2.23. The molecule has 0 atom stereocenters. The van der Waals surface area contributed by atoms with Gasteiger partial charge in [0.25, 0.3) is 5.91 Å². The van der Waals surface area contributed by atoms with E-state index in [0.29, 0.717) is 21.8 Å². The highest BCUT2D eigenvalue weighted by atomic mass is 32.1. The fourth-order valence-corrected chi connectivity index (χ4v) is 4.53. The summed E-state index contributed by atoms with van der Waals surface area (Å²) in [5.41, 5.74) is 1.29. The molecule has 0 unspecified atom stereocenters. The Morgan fingerprint density at radius 1 is 0.853 bits per heavy atom. The third-order valence-corrected chi connectivity index (χ3v) is 6.15. The SMILES string of the molecule is O=C(c1cccc(Oc2ccccc2)c1)N(Cc1ccccc1)c1nc2c(F)cc(F)cc2s1. The van der Waals surface area contributed by atoms with Crippen molar-refractivity contribution in [1.82, 2.24) is 4.98 Å². The van der Waals surface area contributed by atoms with Crippen LogP contribution >= 0.6 is 11.3 Å². The topological polar surface area (TPSA) is 42.4 Å². The van der Waals surface area contributed by atoms with E-state index in [1.807, 2.05) is 60.7 Å². The summed E-state index contributed by atoms with van der Waals surface area (Å²) in [6.45, 7) is 0.216. The van der Waals surface area contributed by atoms with Gasteiger partial charge >= 0.3 is 0 Å². The minimum absolute atomic E-state index is 0.0356. The monoisotopic (exact) mass is 472 g/mol. The van der Waals surface area contributed by atoms with E-state index in [9.17, 15) is 13.6 Å². The first kappa shape index (κ1) is 21.7. The molecule has 34 heavy (non-hydrogen) atoms. The number of halogens is 2. The number of hydrogen-bond acceptors (Lipinski definition) is 4. The molecule has 5 aromatic rings. The molecule has 4 aromatic carbocycles. The van der Waals surface area contributed by atoms with E-state index in [0.717, 1.165) is 23.0 Å². The minimum atomic E-state index is -0.761. The van der Waals surface area contributed by atoms with Crippen LogP contribution in [0.4, 0.5) is 13.9 Å². The molecule has 0 radical (unpaired) electrons. The Hall–Kier alpha value is -4.10. The minimum Gasteiger partial charge on any atom is -0.457 e. The molecule has 1 heterocycles. The molecule has 5 rings (SSSR count). The third kappa shape index (κ3) is 4.65. The summed E-state index contributed by atoms with van der Waals surface area (Å²) in [4.78, 5) is 19.5. The number of benzene rings is 4. The molecule has 0 spiro atoms. The predicted octanol–water partition coefficient (Wildman–Crippen LogP) is 7.21. The first-order valence-electron chi connectivity index (χ1n) is 10.5. The van der Waals surface area contributed by atoms with E-state index >= 15 is 0 Å². The van der Waals surface area contributed by atoms with Crippen LogP contribution in [0.3, 0.4) is 0 Å². The molecule has 4 nitrogen and oxygen atoms in total. The Balaban J connectivity index is 1.52. The van der Waals surface area contributed by atoms with Crippen LogP contribution in [0.25, 0.3) is 10.2 Å². The number of anilines is 1. The van der Waals surface area contributed by atoms with E-state index in [2.05, 4.69) is 4.98 Å². The molecule has 1 aromatic heterocycles. The number of carbonyl (C=O) groups is 1. The molecule has 0 saturated carbocycles. The maximum atomic E-state index is 14.3. The molecule has 0 aliphatic rings. The second-order valence-corrected chi connectivity index (χ2v) is 8.56. The zero-order valence-corrected chi connectivity index (χ0v) is 18.6. The van der Waals surface area contributed by atoms with E-state index < -0.39 is 11.6 Å². The number of amides is 1. The van der Waals surface area contributed by atoms with Crippen LogP contribution in [0.5, 0.6) is 11.5 Å². The molecular weight excluding hydrogens is 454 g/mol. The van der Waals surface area contributed by atoms with E-state index in [1.54, 1.807) is 24.3 Å². The maximum absolute atomic E-state index is 14.3. The Bertz CT molecular complexity index is 1460. The van der Waals surface area contributed by atoms with Gasteiger partial charge in [-0.2, -0.15) is 0 Å². The van der Waals surface area contributed by atoms with Crippen molar-refractivity contribution in [2.45, 2.75) is 6.54 Å². The number of thiazole rings is 1. The highest BCUT2D eigenvalue weighted by molar-refractivity contribution is 7.22. The van der Waals surface area contributed by atoms with Crippen LogP contribution in [0, 0.1) is 11.6 Å². The van der Waals surface area contributed by atoms with Crippen molar-refractivity contribution in [1.29, 1.82) is 0 Å². The van der Waals surface area contributed by atoms with Gasteiger partial charge in [-0.25, -0.2) is 13.8 Å². The summed E-state index contributed by atoms with van der Waals surface area (Å²) >= 11 is 1.07. The van der Waals surface area contributed by atoms with Gasteiger partial charge in [-0.1, -0.05) is 65.9 Å². The van der Waals surface area contributed by atoms with E-state index in [4.69, 9.17) is 4.74 Å². The van der Waals surface area contributed by atoms with Crippen molar-refractivity contribution in [3.8, 4) is 11.5 Å². The predicted molar refractivity (Wildman–Crippen MR) is 129 cm³/mol. The van der Waals surface area contributed by atoms with Crippen LogP contribution in [0.15, 0.2) is 97.1 Å². The smallest absolute Gasteiger partial charge is 0.260 e. The molecule has 0 bridgehead atoms. The van der Waals surface area contributed by atoms with Crippen LogP contribution in [-0.2, 0) is 6.54 Å². The van der Waals surface area contributed by atoms with Crippen molar-refractivity contribution in [3.63, 3.8) is 0 Å². The van der Waals surface area contributed by atoms with Crippen molar-refractivity contribution in [3.05, 3.63) is 120 Å². The number of aromatic nitrogens is 1. The molecule has 0 fully saturated rings. The van der Waals surface area contributed by atoms with Crippen molar-refractivity contribution in [2.75, 3.05) is 4.90 Å². The highest BCUT2D eigenvalue weighted by Crippen LogP contribution is 2.33. The Kier molecular flexibility index (Phi) is 6.01. The van der Waals surface area contributed by atoms with Gasteiger partial charge in [0, 0.05) is 11.6 Å². The van der Waals surface area contributed by atoms with Gasteiger partial charge in [0.2, 0.25) is 0 Å². The fraction of sp³-hybridized carbons (Fsp3) is 0.0370. The second kappa shape index (κ2) is 9.41. The number of para-hydroxylation sites is 1. The lowest BCUT2D eigenvalue weighted by molar-refractivity contribution is 0.0985. The summed E-state index contributed by atoms with van der Waals surface area (Å²) in [6.07, 6.45) is 0. The first-order chi connectivity index (χ1) is 16.6. The third-order valence-electron chi connectivity index (χ3n) is 5.12. The molecular formula is C27H18F2N2O2S. The summed E-state index contributed by atoms with van der Waals surface area (Å²) in [5, 5.41) is 0.280. The van der Waals surface area contributed by atoms with Crippen molar-refractivity contribution >= 4 is 32.6 Å². The molecule has 0 saturated heterocycles. The van der Waals surface area contributed by atoms with Crippen LogP contribution in [0.1, 0.15) is 15.9 Å². The van der Waals surface area contributed by atoms with Crippen LogP contribution < -0.4 is 9.64 Å². The average Bonchev–Trinajstić information content (AvgIpc) is 3.28. The quantitative estimate of drug-likeness (QED) is 0.262. The Morgan fingerprint density at radius 3 is 2.32 bits per heavy atom. The van der Waals surface area contributed by atoms with Gasteiger partial charge in [-0.15, -0.1) is 0 Å². The lowest BCUT2D eigenvalue weighted by Gasteiger charge is -2.20. The number of ether oxygens (including phenoxy) is 1. The van der Waals surface area contributed by atoms with Gasteiger partial charge in [0.15, 0.2) is 10.9 Å². The lowest BCUT2D eigenvalue weighted by atomic mass is 10.1. The van der Waals surface area contributed by atoms with Crippen LogP contribution in [0.2, 0.25) is 0 Å². The fourth-order valence-electron chi connectivity index (χ4n) is 3.53. The van der Waals surface area contributed by atoms with E-state index in [1.165, 1.54) is 11.0 Å². The number of rotatable bonds is 6. The molecule has 0 aliphatic heterocycles. The largest absolute Gasteiger partial charge is 0.457 e.